The summed E-state index contributed by atoms with van der Waals surface area (Å²) in [6.45, 7) is 3.51. The van der Waals surface area contributed by atoms with Gasteiger partial charge in [-0.15, -0.1) is 0 Å². The molecule has 0 spiro atoms. The van der Waals surface area contributed by atoms with E-state index in [1.807, 2.05) is 13.0 Å². The highest BCUT2D eigenvalue weighted by Gasteiger charge is 2.14. The van der Waals surface area contributed by atoms with E-state index >= 15 is 0 Å². The number of benzene rings is 1. The van der Waals surface area contributed by atoms with Crippen molar-refractivity contribution in [2.45, 2.75) is 64.5 Å². The van der Waals surface area contributed by atoms with Crippen LogP contribution in [-0.2, 0) is 6.54 Å². The van der Waals surface area contributed by atoms with E-state index in [-0.39, 0.29) is 0 Å². The van der Waals surface area contributed by atoms with Crippen LogP contribution < -0.4 is 14.8 Å². The predicted molar refractivity (Wildman–Crippen MR) is 94.8 cm³/mol. The number of halogens is 1. The molecule has 1 N–H and O–H groups in total. The summed E-state index contributed by atoms with van der Waals surface area (Å²) in [7, 11) is 1.68. The van der Waals surface area contributed by atoms with Gasteiger partial charge in [0.05, 0.1) is 13.7 Å². The fourth-order valence-corrected chi connectivity index (χ4v) is 3.52. The quantitative estimate of drug-likeness (QED) is 0.759. The Kier molecular flexibility index (Phi) is 7.53. The van der Waals surface area contributed by atoms with Crippen LogP contribution in [0.15, 0.2) is 16.6 Å². The highest BCUT2D eigenvalue weighted by atomic mass is 79.9. The smallest absolute Gasteiger partial charge is 0.161 e. The minimum Gasteiger partial charge on any atom is -0.493 e. The van der Waals surface area contributed by atoms with Gasteiger partial charge in [0.25, 0.3) is 0 Å². The van der Waals surface area contributed by atoms with Crippen molar-refractivity contribution in [3.63, 3.8) is 0 Å². The molecule has 1 aromatic carbocycles. The lowest BCUT2D eigenvalue weighted by Gasteiger charge is -2.22. The third-order valence-electron chi connectivity index (χ3n) is 4.32. The van der Waals surface area contributed by atoms with Crippen LogP contribution in [0.25, 0.3) is 0 Å². The van der Waals surface area contributed by atoms with Gasteiger partial charge in [-0.2, -0.15) is 0 Å². The normalized spacial score (nSPS) is 16.9. The molecule has 0 atom stereocenters. The standard InChI is InChI=1S/C18H28BrNO2/c1-3-22-18-11-14(16(19)12-17(18)21-2)13-20-15-9-7-5-4-6-8-10-15/h11-12,15,20H,3-10,13H2,1-2H3. The van der Waals surface area contributed by atoms with Crippen molar-refractivity contribution in [2.24, 2.45) is 0 Å². The molecule has 4 heteroatoms. The van der Waals surface area contributed by atoms with Gasteiger partial charge in [-0.1, -0.05) is 48.0 Å². The van der Waals surface area contributed by atoms with Crippen molar-refractivity contribution in [3.8, 4) is 11.5 Å². The first kappa shape index (κ1) is 17.6. The molecule has 0 heterocycles. The summed E-state index contributed by atoms with van der Waals surface area (Å²) < 4.78 is 12.1. The molecule has 1 aliphatic carbocycles. The molecule has 3 nitrogen and oxygen atoms in total. The average Bonchev–Trinajstić information content (AvgIpc) is 2.48. The molecular weight excluding hydrogens is 342 g/mol. The summed E-state index contributed by atoms with van der Waals surface area (Å²) in [6.07, 6.45) is 9.49. The molecule has 1 fully saturated rings. The number of nitrogens with one attached hydrogen (secondary N) is 1. The minimum absolute atomic E-state index is 0.643. The van der Waals surface area contributed by atoms with E-state index in [0.717, 1.165) is 22.5 Å². The van der Waals surface area contributed by atoms with Gasteiger partial charge < -0.3 is 14.8 Å². The van der Waals surface area contributed by atoms with E-state index < -0.39 is 0 Å². The van der Waals surface area contributed by atoms with E-state index in [1.54, 1.807) is 7.11 Å². The second kappa shape index (κ2) is 9.41. The van der Waals surface area contributed by atoms with E-state index in [9.17, 15) is 0 Å². The predicted octanol–water partition coefficient (Wildman–Crippen LogP) is 5.06. The van der Waals surface area contributed by atoms with Crippen molar-refractivity contribution in [1.29, 1.82) is 0 Å². The van der Waals surface area contributed by atoms with Crippen molar-refractivity contribution in [3.05, 3.63) is 22.2 Å². The maximum atomic E-state index is 5.68. The first-order valence-corrected chi connectivity index (χ1v) is 9.26. The lowest BCUT2D eigenvalue weighted by Crippen LogP contribution is -2.29. The van der Waals surface area contributed by atoms with Crippen LogP contribution >= 0.6 is 15.9 Å². The Morgan fingerprint density at radius 1 is 1.09 bits per heavy atom. The third-order valence-corrected chi connectivity index (χ3v) is 5.06. The molecule has 0 bridgehead atoms. The number of rotatable bonds is 6. The van der Waals surface area contributed by atoms with Gasteiger partial charge in [0, 0.05) is 17.1 Å². The number of methoxy groups -OCH3 is 1. The van der Waals surface area contributed by atoms with E-state index in [1.165, 1.54) is 50.5 Å². The van der Waals surface area contributed by atoms with Crippen molar-refractivity contribution in [2.75, 3.05) is 13.7 Å². The zero-order valence-corrected chi connectivity index (χ0v) is 15.4. The van der Waals surface area contributed by atoms with Crippen LogP contribution in [0.5, 0.6) is 11.5 Å². The van der Waals surface area contributed by atoms with Crippen LogP contribution in [0.3, 0.4) is 0 Å². The second-order valence-corrected chi connectivity index (χ2v) is 6.80. The summed E-state index contributed by atoms with van der Waals surface area (Å²) in [4.78, 5) is 0. The van der Waals surface area contributed by atoms with Crippen LogP contribution in [0.2, 0.25) is 0 Å². The third kappa shape index (κ3) is 5.17. The Balaban J connectivity index is 2.00. The molecule has 22 heavy (non-hydrogen) atoms. The van der Waals surface area contributed by atoms with E-state index in [4.69, 9.17) is 9.47 Å². The van der Waals surface area contributed by atoms with Crippen molar-refractivity contribution >= 4 is 15.9 Å². The Bertz CT molecular complexity index is 457. The average molecular weight is 370 g/mol. The Morgan fingerprint density at radius 3 is 2.41 bits per heavy atom. The topological polar surface area (TPSA) is 30.5 Å². The van der Waals surface area contributed by atoms with Crippen LogP contribution in [0.4, 0.5) is 0 Å². The number of hydrogen-bond donors (Lipinski definition) is 1. The van der Waals surface area contributed by atoms with E-state index in [2.05, 4.69) is 27.3 Å². The van der Waals surface area contributed by atoms with Crippen LogP contribution in [-0.4, -0.2) is 19.8 Å². The first-order valence-electron chi connectivity index (χ1n) is 8.47. The Hall–Kier alpha value is -0.740. The maximum Gasteiger partial charge on any atom is 0.161 e. The summed E-state index contributed by atoms with van der Waals surface area (Å²) in [6, 6.07) is 4.73. The molecular formula is C18H28BrNO2. The largest absolute Gasteiger partial charge is 0.493 e. The molecule has 2 rings (SSSR count). The van der Waals surface area contributed by atoms with Crippen LogP contribution in [0.1, 0.15) is 57.4 Å². The van der Waals surface area contributed by atoms with Gasteiger partial charge in [-0.3, -0.25) is 0 Å². The van der Waals surface area contributed by atoms with Crippen LogP contribution in [0, 0.1) is 0 Å². The molecule has 0 aliphatic heterocycles. The SMILES string of the molecule is CCOc1cc(CNC2CCCCCCC2)c(Br)cc1OC. The molecule has 124 valence electrons. The molecule has 0 amide bonds. The lowest BCUT2D eigenvalue weighted by molar-refractivity contribution is 0.310. The molecule has 0 saturated heterocycles. The highest BCUT2D eigenvalue weighted by Crippen LogP contribution is 2.33. The molecule has 0 unspecified atom stereocenters. The number of hydrogen-bond acceptors (Lipinski definition) is 3. The second-order valence-electron chi connectivity index (χ2n) is 5.95. The van der Waals surface area contributed by atoms with Crippen molar-refractivity contribution in [1.82, 2.24) is 5.32 Å². The molecule has 1 aromatic rings. The Morgan fingerprint density at radius 2 is 1.77 bits per heavy atom. The maximum absolute atomic E-state index is 5.68. The van der Waals surface area contributed by atoms with Gasteiger partial charge in [-0.25, -0.2) is 0 Å². The summed E-state index contributed by atoms with van der Waals surface area (Å²) in [5.74, 6) is 1.60. The Labute approximate surface area is 142 Å². The fourth-order valence-electron chi connectivity index (χ4n) is 3.06. The van der Waals surface area contributed by atoms with Gasteiger partial charge in [0.15, 0.2) is 11.5 Å². The summed E-state index contributed by atoms with van der Waals surface area (Å²) in [5, 5.41) is 3.73. The minimum atomic E-state index is 0.643. The van der Waals surface area contributed by atoms with E-state index in [0.29, 0.717) is 12.6 Å². The molecule has 1 saturated carbocycles. The zero-order valence-electron chi connectivity index (χ0n) is 13.8. The highest BCUT2D eigenvalue weighted by molar-refractivity contribution is 9.10. The summed E-state index contributed by atoms with van der Waals surface area (Å²) >= 11 is 3.65. The number of ether oxygens (including phenoxy) is 2. The molecule has 0 radical (unpaired) electrons. The molecule has 0 aromatic heterocycles. The molecule has 1 aliphatic rings. The summed E-state index contributed by atoms with van der Waals surface area (Å²) in [5.41, 5.74) is 1.23. The fraction of sp³-hybridized carbons (Fsp3) is 0.667. The van der Waals surface area contributed by atoms with Crippen molar-refractivity contribution < 1.29 is 9.47 Å². The lowest BCUT2D eigenvalue weighted by atomic mass is 9.96. The van der Waals surface area contributed by atoms with Gasteiger partial charge in [-0.05, 0) is 37.5 Å². The van der Waals surface area contributed by atoms with Gasteiger partial charge in [0.2, 0.25) is 0 Å². The first-order chi connectivity index (χ1) is 10.7. The van der Waals surface area contributed by atoms with Gasteiger partial charge >= 0.3 is 0 Å². The van der Waals surface area contributed by atoms with Gasteiger partial charge in [0.1, 0.15) is 0 Å². The zero-order chi connectivity index (χ0) is 15.8. The monoisotopic (exact) mass is 369 g/mol.